The SMILES string of the molecule is CC(=O)OC[C@H]1SC(O)[C@H](OC(C)=O)[C@@H](OC(C)=O)[C@@H]1OC(C)=O. The van der Waals surface area contributed by atoms with Crippen molar-refractivity contribution in [2.45, 2.75) is 56.7 Å². The molecule has 136 valence electrons. The maximum Gasteiger partial charge on any atom is 0.303 e. The van der Waals surface area contributed by atoms with E-state index < -0.39 is 52.9 Å². The van der Waals surface area contributed by atoms with Crippen molar-refractivity contribution in [2.24, 2.45) is 0 Å². The van der Waals surface area contributed by atoms with Crippen molar-refractivity contribution >= 4 is 35.6 Å². The summed E-state index contributed by atoms with van der Waals surface area (Å²) >= 11 is 0.892. The van der Waals surface area contributed by atoms with Crippen molar-refractivity contribution < 1.29 is 43.2 Å². The largest absolute Gasteiger partial charge is 0.465 e. The molecule has 1 fully saturated rings. The van der Waals surface area contributed by atoms with Crippen molar-refractivity contribution in [2.75, 3.05) is 6.61 Å². The first-order valence-corrected chi connectivity index (χ1v) is 8.04. The summed E-state index contributed by atoms with van der Waals surface area (Å²) in [5.41, 5.74) is -1.26. The van der Waals surface area contributed by atoms with E-state index in [1.54, 1.807) is 0 Å². The van der Waals surface area contributed by atoms with Gasteiger partial charge in [-0.25, -0.2) is 0 Å². The van der Waals surface area contributed by atoms with Crippen molar-refractivity contribution in [3.8, 4) is 0 Å². The van der Waals surface area contributed by atoms with Crippen LogP contribution in [0.1, 0.15) is 27.7 Å². The van der Waals surface area contributed by atoms with Gasteiger partial charge in [0.2, 0.25) is 0 Å². The van der Waals surface area contributed by atoms with Crippen LogP contribution in [0.2, 0.25) is 0 Å². The lowest BCUT2D eigenvalue weighted by molar-refractivity contribution is -0.191. The zero-order chi connectivity index (χ0) is 18.4. The Kier molecular flexibility index (Phi) is 7.49. The third-order valence-corrected chi connectivity index (χ3v) is 4.27. The Morgan fingerprint density at radius 1 is 0.792 bits per heavy atom. The molecule has 0 radical (unpaired) electrons. The number of carbonyl (C=O) groups excluding carboxylic acids is 4. The van der Waals surface area contributed by atoms with Crippen molar-refractivity contribution in [3.05, 3.63) is 0 Å². The van der Waals surface area contributed by atoms with E-state index in [9.17, 15) is 24.3 Å². The minimum Gasteiger partial charge on any atom is -0.465 e. The Labute approximate surface area is 142 Å². The molecular weight excluding hydrogens is 344 g/mol. The summed E-state index contributed by atoms with van der Waals surface area (Å²) in [4.78, 5) is 45.0. The molecule has 0 bridgehead atoms. The molecule has 10 heteroatoms. The third-order valence-electron chi connectivity index (χ3n) is 2.97. The van der Waals surface area contributed by atoms with Crippen LogP contribution >= 0.6 is 11.8 Å². The van der Waals surface area contributed by atoms with Gasteiger partial charge in [-0.05, 0) is 0 Å². The lowest BCUT2D eigenvalue weighted by Crippen LogP contribution is -2.58. The van der Waals surface area contributed by atoms with Gasteiger partial charge in [0.1, 0.15) is 12.0 Å². The molecule has 1 saturated heterocycles. The molecule has 0 aromatic carbocycles. The molecule has 0 aliphatic carbocycles. The summed E-state index contributed by atoms with van der Waals surface area (Å²) in [6.45, 7) is 4.44. The van der Waals surface area contributed by atoms with Gasteiger partial charge in [0.05, 0.1) is 5.25 Å². The Morgan fingerprint density at radius 2 is 1.25 bits per heavy atom. The summed E-state index contributed by atoms with van der Waals surface area (Å²) in [7, 11) is 0. The van der Waals surface area contributed by atoms with Crippen molar-refractivity contribution in [1.82, 2.24) is 0 Å². The zero-order valence-electron chi connectivity index (χ0n) is 13.7. The van der Waals surface area contributed by atoms with E-state index in [1.807, 2.05) is 0 Å². The van der Waals surface area contributed by atoms with Gasteiger partial charge in [-0.3, -0.25) is 19.2 Å². The van der Waals surface area contributed by atoms with Crippen LogP contribution in [0.25, 0.3) is 0 Å². The van der Waals surface area contributed by atoms with Crippen LogP contribution in [0.5, 0.6) is 0 Å². The highest BCUT2D eigenvalue weighted by molar-refractivity contribution is 8.00. The second-order valence-corrected chi connectivity index (χ2v) is 6.45. The molecule has 0 aromatic rings. The highest BCUT2D eigenvalue weighted by atomic mass is 32.2. The molecule has 9 nitrogen and oxygen atoms in total. The Morgan fingerprint density at radius 3 is 1.71 bits per heavy atom. The van der Waals surface area contributed by atoms with Gasteiger partial charge < -0.3 is 24.1 Å². The maximum absolute atomic E-state index is 11.4. The Balaban J connectivity index is 3.11. The topological polar surface area (TPSA) is 125 Å². The van der Waals surface area contributed by atoms with Crippen LogP contribution in [0.15, 0.2) is 0 Å². The molecule has 0 amide bonds. The molecule has 1 unspecified atom stereocenters. The average Bonchev–Trinajstić information content (AvgIpc) is 2.42. The van der Waals surface area contributed by atoms with E-state index in [0.717, 1.165) is 32.5 Å². The zero-order valence-corrected chi connectivity index (χ0v) is 14.5. The molecule has 1 aliphatic rings. The lowest BCUT2D eigenvalue weighted by atomic mass is 10.0. The van der Waals surface area contributed by atoms with Gasteiger partial charge in [0, 0.05) is 27.7 Å². The summed E-state index contributed by atoms with van der Waals surface area (Å²) in [6, 6.07) is 0. The molecule has 0 spiro atoms. The van der Waals surface area contributed by atoms with Crippen molar-refractivity contribution in [1.29, 1.82) is 0 Å². The number of rotatable bonds is 5. The summed E-state index contributed by atoms with van der Waals surface area (Å²) in [6.07, 6.45) is -3.52. The van der Waals surface area contributed by atoms with Gasteiger partial charge in [-0.15, -0.1) is 11.8 Å². The number of hydrogen-bond acceptors (Lipinski definition) is 10. The number of hydrogen-bond donors (Lipinski definition) is 1. The second kappa shape index (κ2) is 8.88. The standard InChI is InChI=1S/C14H20O9S/c1-6(15)20-5-10-11(21-7(2)16)12(22-8(3)17)13(14(19)24-10)23-9(4)18/h10-14,19H,5H2,1-4H3/t10-,11-,12+,13-,14?/m1/s1. The van der Waals surface area contributed by atoms with Crippen LogP contribution in [-0.2, 0) is 38.1 Å². The van der Waals surface area contributed by atoms with E-state index in [1.165, 1.54) is 6.92 Å². The smallest absolute Gasteiger partial charge is 0.303 e. The van der Waals surface area contributed by atoms with Gasteiger partial charge in [-0.1, -0.05) is 0 Å². The van der Waals surface area contributed by atoms with E-state index in [2.05, 4.69) is 0 Å². The van der Waals surface area contributed by atoms with Gasteiger partial charge in [0.15, 0.2) is 18.3 Å². The number of ether oxygens (including phenoxy) is 4. The number of aliphatic hydroxyl groups is 1. The van der Waals surface area contributed by atoms with E-state index in [0.29, 0.717) is 0 Å². The van der Waals surface area contributed by atoms with E-state index in [-0.39, 0.29) is 6.61 Å². The summed E-state index contributed by atoms with van der Waals surface area (Å²) in [5, 5.41) is 9.50. The van der Waals surface area contributed by atoms with Crippen LogP contribution in [-0.4, -0.2) is 64.6 Å². The number of esters is 4. The summed E-state index contributed by atoms with van der Waals surface area (Å²) in [5.74, 6) is -2.63. The quantitative estimate of drug-likeness (QED) is 0.517. The first kappa shape index (κ1) is 20.2. The molecule has 1 heterocycles. The third kappa shape index (κ3) is 6.00. The Hall–Kier alpha value is -1.81. The number of aliphatic hydroxyl groups excluding tert-OH is 1. The molecule has 5 atom stereocenters. The van der Waals surface area contributed by atoms with Crippen LogP contribution in [0.3, 0.4) is 0 Å². The lowest BCUT2D eigenvalue weighted by Gasteiger charge is -2.42. The van der Waals surface area contributed by atoms with E-state index in [4.69, 9.17) is 18.9 Å². The Bertz CT molecular complexity index is 506. The summed E-state index contributed by atoms with van der Waals surface area (Å²) < 4.78 is 20.2. The number of thioether (sulfide) groups is 1. The fourth-order valence-electron chi connectivity index (χ4n) is 2.21. The molecule has 1 N–H and O–H groups in total. The monoisotopic (exact) mass is 364 g/mol. The predicted molar refractivity (Wildman–Crippen MR) is 80.7 cm³/mol. The first-order valence-electron chi connectivity index (χ1n) is 7.10. The minimum absolute atomic E-state index is 0.181. The maximum atomic E-state index is 11.4. The van der Waals surface area contributed by atoms with Gasteiger partial charge in [0.25, 0.3) is 0 Å². The minimum atomic E-state index is -1.26. The van der Waals surface area contributed by atoms with Crippen LogP contribution in [0.4, 0.5) is 0 Å². The molecule has 1 rings (SSSR count). The fraction of sp³-hybridized carbons (Fsp3) is 0.714. The first-order chi connectivity index (χ1) is 11.1. The van der Waals surface area contributed by atoms with Crippen LogP contribution in [0, 0.1) is 0 Å². The normalized spacial score (nSPS) is 29.3. The van der Waals surface area contributed by atoms with Gasteiger partial charge >= 0.3 is 23.9 Å². The number of carbonyl (C=O) groups is 4. The fourth-order valence-corrected chi connectivity index (χ4v) is 3.44. The van der Waals surface area contributed by atoms with Crippen LogP contribution < -0.4 is 0 Å². The highest BCUT2D eigenvalue weighted by Gasteiger charge is 2.51. The molecule has 0 aromatic heterocycles. The second-order valence-electron chi connectivity index (χ2n) is 5.09. The molecular formula is C14H20O9S. The highest BCUT2D eigenvalue weighted by Crippen LogP contribution is 2.36. The van der Waals surface area contributed by atoms with Crippen molar-refractivity contribution in [3.63, 3.8) is 0 Å². The van der Waals surface area contributed by atoms with Gasteiger partial charge in [-0.2, -0.15) is 0 Å². The molecule has 1 aliphatic heterocycles. The molecule has 24 heavy (non-hydrogen) atoms. The van der Waals surface area contributed by atoms with E-state index >= 15 is 0 Å². The average molecular weight is 364 g/mol. The molecule has 0 saturated carbocycles. The predicted octanol–water partition coefficient (Wildman–Crippen LogP) is -0.222.